The zero-order chi connectivity index (χ0) is 16.4. The summed E-state index contributed by atoms with van der Waals surface area (Å²) in [6, 6.07) is 5.57. The highest BCUT2D eigenvalue weighted by Gasteiger charge is 2.37. The summed E-state index contributed by atoms with van der Waals surface area (Å²) in [5, 5.41) is 9.92. The van der Waals surface area contributed by atoms with Crippen molar-refractivity contribution < 1.29 is 19.1 Å². The number of carbonyl (C=O) groups is 2. The lowest BCUT2D eigenvalue weighted by Crippen LogP contribution is -2.46. The lowest BCUT2D eigenvalue weighted by atomic mass is 9.89. The van der Waals surface area contributed by atoms with Crippen LogP contribution in [0.2, 0.25) is 0 Å². The largest absolute Gasteiger partial charge is 0.392 e. The van der Waals surface area contributed by atoms with E-state index in [1.54, 1.807) is 4.90 Å². The lowest BCUT2D eigenvalue weighted by molar-refractivity contribution is -0.139. The number of hydrogen-bond donors (Lipinski definition) is 1. The van der Waals surface area contributed by atoms with E-state index in [2.05, 4.69) is 0 Å². The summed E-state index contributed by atoms with van der Waals surface area (Å²) in [6.45, 7) is 1.05. The van der Waals surface area contributed by atoms with Gasteiger partial charge in [0.15, 0.2) is 5.78 Å². The first-order chi connectivity index (χ1) is 11.1. The standard InChI is InChI=1S/C18H22FNO3/c19-14-8-6-12(7-9-14)17(22)13-3-2-10-20(11-13)18(23)15-4-1-5-16(15)21/h6-9,13,15-16,21H,1-5,10-11H2. The Bertz CT molecular complexity index is 586. The molecule has 3 unspecified atom stereocenters. The topological polar surface area (TPSA) is 57.6 Å². The molecule has 5 heteroatoms. The van der Waals surface area contributed by atoms with E-state index in [0.29, 0.717) is 25.1 Å². The van der Waals surface area contributed by atoms with Crippen LogP contribution in [-0.2, 0) is 4.79 Å². The Morgan fingerprint density at radius 3 is 2.48 bits per heavy atom. The molecule has 2 fully saturated rings. The highest BCUT2D eigenvalue weighted by Crippen LogP contribution is 2.29. The number of aliphatic hydroxyl groups is 1. The summed E-state index contributed by atoms with van der Waals surface area (Å²) in [4.78, 5) is 26.9. The fourth-order valence-corrected chi connectivity index (χ4v) is 3.70. The Morgan fingerprint density at radius 1 is 1.09 bits per heavy atom. The van der Waals surface area contributed by atoms with Crippen molar-refractivity contribution in [3.05, 3.63) is 35.6 Å². The Hall–Kier alpha value is -1.75. The fourth-order valence-electron chi connectivity index (χ4n) is 3.70. The van der Waals surface area contributed by atoms with Gasteiger partial charge in [0.25, 0.3) is 0 Å². The van der Waals surface area contributed by atoms with Crippen molar-refractivity contribution in [1.29, 1.82) is 0 Å². The monoisotopic (exact) mass is 319 g/mol. The third-order valence-corrected chi connectivity index (χ3v) is 5.03. The molecule has 1 aliphatic carbocycles. The minimum Gasteiger partial charge on any atom is -0.392 e. The van der Waals surface area contributed by atoms with Gasteiger partial charge >= 0.3 is 0 Å². The summed E-state index contributed by atoms with van der Waals surface area (Å²) in [7, 11) is 0. The molecule has 1 saturated heterocycles. The van der Waals surface area contributed by atoms with Crippen molar-refractivity contribution in [2.24, 2.45) is 11.8 Å². The number of nitrogens with zero attached hydrogens (tertiary/aromatic N) is 1. The van der Waals surface area contributed by atoms with E-state index in [9.17, 15) is 19.1 Å². The van der Waals surface area contributed by atoms with Crippen LogP contribution in [0.15, 0.2) is 24.3 Å². The van der Waals surface area contributed by atoms with E-state index >= 15 is 0 Å². The molecule has 1 aromatic rings. The number of likely N-dealkylation sites (tertiary alicyclic amines) is 1. The van der Waals surface area contributed by atoms with Gasteiger partial charge in [-0.15, -0.1) is 0 Å². The van der Waals surface area contributed by atoms with Crippen molar-refractivity contribution in [3.63, 3.8) is 0 Å². The Morgan fingerprint density at radius 2 is 1.83 bits per heavy atom. The third-order valence-electron chi connectivity index (χ3n) is 5.03. The van der Waals surface area contributed by atoms with Crippen molar-refractivity contribution in [2.45, 2.75) is 38.2 Å². The summed E-state index contributed by atoms with van der Waals surface area (Å²) >= 11 is 0. The first-order valence-electron chi connectivity index (χ1n) is 8.33. The van der Waals surface area contributed by atoms with Gasteiger partial charge in [0, 0.05) is 24.6 Å². The SMILES string of the molecule is O=C(c1ccc(F)cc1)C1CCCN(C(=O)C2CCCC2O)C1. The Kier molecular flexibility index (Phi) is 4.76. The average Bonchev–Trinajstić information content (AvgIpc) is 3.00. The fraction of sp³-hybridized carbons (Fsp3) is 0.556. The Balaban J connectivity index is 1.67. The molecule has 124 valence electrons. The highest BCUT2D eigenvalue weighted by atomic mass is 19.1. The average molecular weight is 319 g/mol. The van der Waals surface area contributed by atoms with Crippen LogP contribution in [-0.4, -0.2) is 40.9 Å². The number of benzene rings is 1. The van der Waals surface area contributed by atoms with E-state index in [1.807, 2.05) is 0 Å². The van der Waals surface area contributed by atoms with Crippen LogP contribution in [0.4, 0.5) is 4.39 Å². The van der Waals surface area contributed by atoms with E-state index in [1.165, 1.54) is 24.3 Å². The van der Waals surface area contributed by atoms with Gasteiger partial charge < -0.3 is 10.0 Å². The van der Waals surface area contributed by atoms with Gasteiger partial charge in [-0.2, -0.15) is 0 Å². The van der Waals surface area contributed by atoms with E-state index in [4.69, 9.17) is 0 Å². The molecule has 0 spiro atoms. The molecule has 0 aromatic heterocycles. The van der Waals surface area contributed by atoms with Gasteiger partial charge in [-0.3, -0.25) is 9.59 Å². The van der Waals surface area contributed by atoms with Crippen LogP contribution in [0, 0.1) is 17.7 Å². The normalized spacial score (nSPS) is 27.9. The van der Waals surface area contributed by atoms with Crippen molar-refractivity contribution in [1.82, 2.24) is 4.90 Å². The predicted octanol–water partition coefficient (Wildman–Crippen LogP) is 2.41. The molecule has 1 amide bonds. The van der Waals surface area contributed by atoms with Crippen LogP contribution in [0.3, 0.4) is 0 Å². The maximum absolute atomic E-state index is 13.0. The summed E-state index contributed by atoms with van der Waals surface area (Å²) in [6.07, 6.45) is 3.27. The molecular weight excluding hydrogens is 297 g/mol. The van der Waals surface area contributed by atoms with Gasteiger partial charge in [0.2, 0.25) is 5.91 Å². The molecule has 3 atom stereocenters. The number of Topliss-reactive ketones (excluding diaryl/α,β-unsaturated/α-hetero) is 1. The summed E-state index contributed by atoms with van der Waals surface area (Å²) in [5.74, 6) is -0.968. The van der Waals surface area contributed by atoms with Gasteiger partial charge in [0.1, 0.15) is 5.82 Å². The number of aliphatic hydroxyl groups excluding tert-OH is 1. The van der Waals surface area contributed by atoms with Crippen LogP contribution in [0.25, 0.3) is 0 Å². The zero-order valence-electron chi connectivity index (χ0n) is 13.1. The molecule has 0 bridgehead atoms. The molecular formula is C18H22FNO3. The first-order valence-corrected chi connectivity index (χ1v) is 8.33. The van der Waals surface area contributed by atoms with Crippen LogP contribution in [0.1, 0.15) is 42.5 Å². The lowest BCUT2D eigenvalue weighted by Gasteiger charge is -2.34. The van der Waals surface area contributed by atoms with Crippen LogP contribution < -0.4 is 0 Å². The molecule has 1 saturated carbocycles. The van der Waals surface area contributed by atoms with Crippen molar-refractivity contribution >= 4 is 11.7 Å². The van der Waals surface area contributed by atoms with Crippen molar-refractivity contribution in [3.8, 4) is 0 Å². The molecule has 1 aliphatic heterocycles. The number of halogens is 1. The number of hydrogen-bond acceptors (Lipinski definition) is 3. The molecule has 2 aliphatic rings. The summed E-state index contributed by atoms with van der Waals surface area (Å²) in [5.41, 5.74) is 0.492. The molecule has 3 rings (SSSR count). The molecule has 1 heterocycles. The molecule has 4 nitrogen and oxygen atoms in total. The highest BCUT2D eigenvalue weighted by molar-refractivity contribution is 5.98. The van der Waals surface area contributed by atoms with Gasteiger partial charge in [-0.05, 0) is 56.4 Å². The minimum absolute atomic E-state index is 0.0217. The van der Waals surface area contributed by atoms with E-state index < -0.39 is 6.10 Å². The quantitative estimate of drug-likeness (QED) is 0.871. The third kappa shape index (κ3) is 3.44. The molecule has 23 heavy (non-hydrogen) atoms. The van der Waals surface area contributed by atoms with Crippen LogP contribution >= 0.6 is 0 Å². The second-order valence-corrected chi connectivity index (χ2v) is 6.60. The number of carbonyl (C=O) groups excluding carboxylic acids is 2. The predicted molar refractivity (Wildman–Crippen MR) is 83.4 cm³/mol. The number of piperidine rings is 1. The van der Waals surface area contributed by atoms with Crippen molar-refractivity contribution in [2.75, 3.05) is 13.1 Å². The minimum atomic E-state index is -0.546. The van der Waals surface area contributed by atoms with Gasteiger partial charge in [-0.1, -0.05) is 0 Å². The zero-order valence-corrected chi connectivity index (χ0v) is 13.1. The molecule has 1 N–H and O–H groups in total. The maximum Gasteiger partial charge on any atom is 0.228 e. The second-order valence-electron chi connectivity index (χ2n) is 6.60. The summed E-state index contributed by atoms with van der Waals surface area (Å²) < 4.78 is 13.0. The molecule has 0 radical (unpaired) electrons. The van der Waals surface area contributed by atoms with E-state index in [-0.39, 0.29) is 29.3 Å². The Labute approximate surface area is 135 Å². The first kappa shape index (κ1) is 16.1. The van der Waals surface area contributed by atoms with Crippen LogP contribution in [0.5, 0.6) is 0 Å². The maximum atomic E-state index is 13.0. The van der Waals surface area contributed by atoms with Gasteiger partial charge in [-0.25, -0.2) is 4.39 Å². The number of rotatable bonds is 3. The van der Waals surface area contributed by atoms with E-state index in [0.717, 1.165) is 25.7 Å². The number of amides is 1. The molecule has 1 aromatic carbocycles. The van der Waals surface area contributed by atoms with Gasteiger partial charge in [0.05, 0.1) is 12.0 Å². The second kappa shape index (κ2) is 6.79. The smallest absolute Gasteiger partial charge is 0.228 e. The number of ketones is 1.